The van der Waals surface area contributed by atoms with Gasteiger partial charge in [-0.05, 0) is 41.3 Å². The maximum Gasteiger partial charge on any atom is 0.258 e. The van der Waals surface area contributed by atoms with Gasteiger partial charge in [-0.15, -0.1) is 0 Å². The molecule has 1 aromatic heterocycles. The first-order valence-electron chi connectivity index (χ1n) is 10.4. The SMILES string of the molecule is CC(C)c1ccc(C(=O)N(Cc2ccccc2)Cc2nc3ccccc3c(=O)[nH]2)cc1. The molecule has 0 aliphatic carbocycles. The molecule has 0 bridgehead atoms. The molecule has 0 aliphatic rings. The van der Waals surface area contributed by atoms with Gasteiger partial charge in [0.15, 0.2) is 0 Å². The number of fused-ring (bicyclic) bond motifs is 1. The fourth-order valence-corrected chi connectivity index (χ4v) is 3.59. The lowest BCUT2D eigenvalue weighted by molar-refractivity contribution is 0.0725. The lowest BCUT2D eigenvalue weighted by atomic mass is 10.0. The summed E-state index contributed by atoms with van der Waals surface area (Å²) in [5, 5.41) is 0.538. The summed E-state index contributed by atoms with van der Waals surface area (Å²) in [4.78, 5) is 35.0. The topological polar surface area (TPSA) is 66.1 Å². The molecule has 0 atom stereocenters. The van der Waals surface area contributed by atoms with Gasteiger partial charge in [-0.3, -0.25) is 9.59 Å². The molecule has 5 heteroatoms. The lowest BCUT2D eigenvalue weighted by Gasteiger charge is -2.23. The second kappa shape index (κ2) is 8.96. The van der Waals surface area contributed by atoms with E-state index >= 15 is 0 Å². The van der Waals surface area contributed by atoms with Crippen molar-refractivity contribution >= 4 is 16.8 Å². The Morgan fingerprint density at radius 3 is 2.29 bits per heavy atom. The zero-order valence-corrected chi connectivity index (χ0v) is 17.7. The maximum atomic E-state index is 13.4. The fourth-order valence-electron chi connectivity index (χ4n) is 3.59. The van der Waals surface area contributed by atoms with Crippen molar-refractivity contribution in [1.82, 2.24) is 14.9 Å². The largest absolute Gasteiger partial charge is 0.327 e. The number of nitrogens with one attached hydrogen (secondary N) is 1. The fraction of sp³-hybridized carbons (Fsp3) is 0.192. The second-order valence-corrected chi connectivity index (χ2v) is 7.95. The van der Waals surface area contributed by atoms with Gasteiger partial charge < -0.3 is 9.88 Å². The highest BCUT2D eigenvalue weighted by molar-refractivity contribution is 5.94. The Labute approximate surface area is 181 Å². The standard InChI is InChI=1S/C26H25N3O2/c1-18(2)20-12-14-21(15-13-20)26(31)29(16-19-8-4-3-5-9-19)17-24-27-23-11-7-6-10-22(23)25(30)28-24/h3-15,18H,16-17H2,1-2H3,(H,27,28,30). The van der Waals surface area contributed by atoms with Crippen LogP contribution in [0, 0.1) is 0 Å². The summed E-state index contributed by atoms with van der Waals surface area (Å²) >= 11 is 0. The van der Waals surface area contributed by atoms with Crippen LogP contribution in [0.2, 0.25) is 0 Å². The number of hydrogen-bond donors (Lipinski definition) is 1. The molecule has 3 aromatic carbocycles. The quantitative estimate of drug-likeness (QED) is 0.491. The molecule has 1 N–H and O–H groups in total. The zero-order chi connectivity index (χ0) is 21.8. The van der Waals surface area contributed by atoms with Crippen molar-refractivity contribution < 1.29 is 4.79 Å². The van der Waals surface area contributed by atoms with Gasteiger partial charge in [-0.25, -0.2) is 4.98 Å². The molecule has 0 radical (unpaired) electrons. The van der Waals surface area contributed by atoms with Crippen molar-refractivity contribution in [3.05, 3.63) is 112 Å². The Hall–Kier alpha value is -3.73. The van der Waals surface area contributed by atoms with E-state index in [-0.39, 0.29) is 18.0 Å². The molecule has 0 fully saturated rings. The van der Waals surface area contributed by atoms with Crippen LogP contribution in [-0.4, -0.2) is 20.8 Å². The summed E-state index contributed by atoms with van der Waals surface area (Å²) < 4.78 is 0. The number of amides is 1. The van der Waals surface area contributed by atoms with Crippen molar-refractivity contribution in [3.8, 4) is 0 Å². The van der Waals surface area contributed by atoms with E-state index in [2.05, 4.69) is 23.8 Å². The van der Waals surface area contributed by atoms with E-state index in [0.29, 0.717) is 34.8 Å². The molecule has 0 unspecified atom stereocenters. The minimum atomic E-state index is -0.200. The van der Waals surface area contributed by atoms with Crippen molar-refractivity contribution in [3.63, 3.8) is 0 Å². The van der Waals surface area contributed by atoms with Gasteiger partial charge in [-0.1, -0.05) is 68.4 Å². The Morgan fingerprint density at radius 2 is 1.58 bits per heavy atom. The van der Waals surface area contributed by atoms with Crippen molar-refractivity contribution in [2.75, 3.05) is 0 Å². The summed E-state index contributed by atoms with van der Waals surface area (Å²) in [6, 6.07) is 24.8. The molecular weight excluding hydrogens is 386 g/mol. The number of aromatic nitrogens is 2. The van der Waals surface area contributed by atoms with Gasteiger partial charge in [0.25, 0.3) is 11.5 Å². The molecule has 31 heavy (non-hydrogen) atoms. The third-order valence-electron chi connectivity index (χ3n) is 5.33. The third kappa shape index (κ3) is 4.72. The highest BCUT2D eigenvalue weighted by atomic mass is 16.2. The molecule has 4 aromatic rings. The highest BCUT2D eigenvalue weighted by Gasteiger charge is 2.18. The monoisotopic (exact) mass is 411 g/mol. The third-order valence-corrected chi connectivity index (χ3v) is 5.33. The van der Waals surface area contributed by atoms with E-state index in [1.807, 2.05) is 72.8 Å². The van der Waals surface area contributed by atoms with Gasteiger partial charge >= 0.3 is 0 Å². The summed E-state index contributed by atoms with van der Waals surface area (Å²) in [5.74, 6) is 0.762. The van der Waals surface area contributed by atoms with E-state index in [1.165, 1.54) is 5.56 Å². The smallest absolute Gasteiger partial charge is 0.258 e. The summed E-state index contributed by atoms with van der Waals surface area (Å²) in [6.07, 6.45) is 0. The van der Waals surface area contributed by atoms with Crippen molar-refractivity contribution in [1.29, 1.82) is 0 Å². The zero-order valence-electron chi connectivity index (χ0n) is 17.7. The number of carbonyl (C=O) groups excluding carboxylic acids is 1. The van der Waals surface area contributed by atoms with Crippen LogP contribution in [0.15, 0.2) is 83.7 Å². The van der Waals surface area contributed by atoms with Crippen LogP contribution < -0.4 is 5.56 Å². The van der Waals surface area contributed by atoms with Gasteiger partial charge in [0, 0.05) is 12.1 Å². The number of nitrogens with zero attached hydrogens (tertiary/aromatic N) is 2. The first kappa shape index (κ1) is 20.5. The number of carbonyl (C=O) groups is 1. The van der Waals surface area contributed by atoms with E-state index in [4.69, 9.17) is 0 Å². The normalized spacial score (nSPS) is 11.1. The average Bonchev–Trinajstić information content (AvgIpc) is 2.79. The second-order valence-electron chi connectivity index (χ2n) is 7.95. The minimum Gasteiger partial charge on any atom is -0.327 e. The van der Waals surface area contributed by atoms with Crippen LogP contribution in [0.25, 0.3) is 10.9 Å². The molecule has 0 saturated carbocycles. The Kier molecular flexibility index (Phi) is 5.94. The Morgan fingerprint density at radius 1 is 0.903 bits per heavy atom. The lowest BCUT2D eigenvalue weighted by Crippen LogP contribution is -2.31. The predicted octanol–water partition coefficient (Wildman–Crippen LogP) is 4.89. The van der Waals surface area contributed by atoms with Crippen molar-refractivity contribution in [2.24, 2.45) is 0 Å². The predicted molar refractivity (Wildman–Crippen MR) is 123 cm³/mol. The number of rotatable bonds is 6. The molecule has 0 aliphatic heterocycles. The molecule has 4 rings (SSSR count). The first-order chi connectivity index (χ1) is 15.0. The number of aromatic amines is 1. The number of para-hydroxylation sites is 1. The highest BCUT2D eigenvalue weighted by Crippen LogP contribution is 2.18. The molecule has 0 spiro atoms. The first-order valence-corrected chi connectivity index (χ1v) is 10.4. The van der Waals surface area contributed by atoms with Gasteiger partial charge in [0.05, 0.1) is 17.4 Å². The molecule has 5 nitrogen and oxygen atoms in total. The Balaban J connectivity index is 1.67. The van der Waals surface area contributed by atoms with Crippen LogP contribution in [0.5, 0.6) is 0 Å². The van der Waals surface area contributed by atoms with E-state index < -0.39 is 0 Å². The average molecular weight is 412 g/mol. The number of H-pyrrole nitrogens is 1. The van der Waals surface area contributed by atoms with Gasteiger partial charge in [0.2, 0.25) is 0 Å². The van der Waals surface area contributed by atoms with Crippen molar-refractivity contribution in [2.45, 2.75) is 32.9 Å². The number of hydrogen-bond acceptors (Lipinski definition) is 3. The van der Waals surface area contributed by atoms with E-state index in [1.54, 1.807) is 11.0 Å². The van der Waals surface area contributed by atoms with Crippen LogP contribution in [0.3, 0.4) is 0 Å². The van der Waals surface area contributed by atoms with Gasteiger partial charge in [-0.2, -0.15) is 0 Å². The summed E-state index contributed by atoms with van der Waals surface area (Å²) in [6.45, 7) is 4.88. The molecule has 1 heterocycles. The van der Waals surface area contributed by atoms with Crippen LogP contribution in [0.1, 0.15) is 47.1 Å². The van der Waals surface area contributed by atoms with Gasteiger partial charge in [0.1, 0.15) is 5.82 Å². The Bertz CT molecular complexity index is 1250. The molecular formula is C26H25N3O2. The summed E-state index contributed by atoms with van der Waals surface area (Å²) in [5.41, 5.74) is 3.23. The van der Waals surface area contributed by atoms with E-state index in [9.17, 15) is 9.59 Å². The van der Waals surface area contributed by atoms with Crippen LogP contribution in [0.4, 0.5) is 0 Å². The van der Waals surface area contributed by atoms with Crippen LogP contribution >= 0.6 is 0 Å². The van der Waals surface area contributed by atoms with Crippen LogP contribution in [-0.2, 0) is 13.1 Å². The molecule has 1 amide bonds. The summed E-state index contributed by atoms with van der Waals surface area (Å²) in [7, 11) is 0. The number of benzene rings is 3. The van der Waals surface area contributed by atoms with E-state index in [0.717, 1.165) is 5.56 Å². The maximum absolute atomic E-state index is 13.4. The molecule has 0 saturated heterocycles. The molecule has 156 valence electrons. The minimum absolute atomic E-state index is 0.102.